The Hall–Kier alpha value is -2.18. The predicted molar refractivity (Wildman–Crippen MR) is 115 cm³/mol. The molecule has 0 spiro atoms. The number of aryl methyl sites for hydroxylation is 2. The maximum atomic E-state index is 13.0. The Morgan fingerprint density at radius 1 is 1.00 bits per heavy atom. The lowest BCUT2D eigenvalue weighted by molar-refractivity contribution is 0.0939. The van der Waals surface area contributed by atoms with Crippen LogP contribution in [0.1, 0.15) is 65.7 Å². The van der Waals surface area contributed by atoms with Crippen molar-refractivity contribution < 1.29 is 13.2 Å². The van der Waals surface area contributed by atoms with E-state index in [1.165, 1.54) is 11.6 Å². The third kappa shape index (κ3) is 5.06. The molecular weight excluding hydrogens is 384 g/mol. The van der Waals surface area contributed by atoms with Gasteiger partial charge in [0.2, 0.25) is 10.0 Å². The first kappa shape index (κ1) is 21.5. The van der Waals surface area contributed by atoms with Crippen molar-refractivity contribution in [1.29, 1.82) is 0 Å². The van der Waals surface area contributed by atoms with Gasteiger partial charge >= 0.3 is 0 Å². The van der Waals surface area contributed by atoms with Crippen molar-refractivity contribution in [3.63, 3.8) is 0 Å². The van der Waals surface area contributed by atoms with Crippen LogP contribution in [0.2, 0.25) is 0 Å². The second kappa shape index (κ2) is 9.09. The van der Waals surface area contributed by atoms with Gasteiger partial charge in [-0.15, -0.1) is 0 Å². The predicted octanol–water partition coefficient (Wildman–Crippen LogP) is 4.36. The number of amides is 1. The molecule has 6 heteroatoms. The summed E-state index contributed by atoms with van der Waals surface area (Å²) in [6.07, 6.45) is 3.88. The molecule has 2 aromatic rings. The highest BCUT2D eigenvalue weighted by molar-refractivity contribution is 7.89. The van der Waals surface area contributed by atoms with Gasteiger partial charge < -0.3 is 5.32 Å². The second-order valence-electron chi connectivity index (χ2n) is 7.90. The molecular formula is C23H30N2O3S. The van der Waals surface area contributed by atoms with Gasteiger partial charge in [-0.1, -0.05) is 42.7 Å². The summed E-state index contributed by atoms with van der Waals surface area (Å²) in [5, 5.41) is 2.99. The zero-order valence-electron chi connectivity index (χ0n) is 17.4. The average molecular weight is 415 g/mol. The second-order valence-corrected chi connectivity index (χ2v) is 9.84. The van der Waals surface area contributed by atoms with Crippen LogP contribution in [-0.4, -0.2) is 31.7 Å². The molecule has 1 fully saturated rings. The number of carbonyl (C=O) groups excluding carboxylic acids is 1. The van der Waals surface area contributed by atoms with Gasteiger partial charge in [0, 0.05) is 18.7 Å². The first-order chi connectivity index (χ1) is 13.8. The smallest absolute Gasteiger partial charge is 0.251 e. The molecule has 0 bridgehead atoms. The lowest BCUT2D eigenvalue weighted by Crippen LogP contribution is -2.32. The van der Waals surface area contributed by atoms with E-state index in [2.05, 4.69) is 11.4 Å². The molecule has 156 valence electrons. The minimum atomic E-state index is -3.58. The van der Waals surface area contributed by atoms with Gasteiger partial charge in [-0.05, 0) is 62.9 Å². The van der Waals surface area contributed by atoms with Crippen LogP contribution in [0.3, 0.4) is 0 Å². The molecule has 5 nitrogen and oxygen atoms in total. The highest BCUT2D eigenvalue weighted by Gasteiger charge is 2.26. The van der Waals surface area contributed by atoms with E-state index in [-0.39, 0.29) is 16.8 Å². The summed E-state index contributed by atoms with van der Waals surface area (Å²) in [5.74, 6) is -0.273. The molecule has 0 saturated carbocycles. The van der Waals surface area contributed by atoms with Gasteiger partial charge in [-0.2, -0.15) is 4.31 Å². The van der Waals surface area contributed by atoms with Crippen molar-refractivity contribution >= 4 is 15.9 Å². The number of sulfonamides is 1. The van der Waals surface area contributed by atoms with E-state index in [1.807, 2.05) is 32.9 Å². The molecule has 0 unspecified atom stereocenters. The number of nitrogens with zero attached hydrogens (tertiary/aromatic N) is 1. The number of nitrogens with one attached hydrogen (secondary N) is 1. The minimum Gasteiger partial charge on any atom is -0.346 e. The SMILES string of the molecule is Cc1ccc([C@@H](C)NC(=O)c2cccc(S(=O)(=O)N3CCCCCC3)c2)c(C)c1. The Morgan fingerprint density at radius 3 is 2.34 bits per heavy atom. The van der Waals surface area contributed by atoms with Crippen LogP contribution in [0.4, 0.5) is 0 Å². The van der Waals surface area contributed by atoms with Crippen molar-refractivity contribution in [2.45, 2.75) is 57.4 Å². The van der Waals surface area contributed by atoms with Gasteiger partial charge in [-0.25, -0.2) is 8.42 Å². The normalized spacial score (nSPS) is 16.8. The molecule has 2 aromatic carbocycles. The fourth-order valence-electron chi connectivity index (χ4n) is 3.90. The summed E-state index contributed by atoms with van der Waals surface area (Å²) in [6.45, 7) is 7.09. The number of rotatable bonds is 5. The topological polar surface area (TPSA) is 66.5 Å². The fourth-order valence-corrected chi connectivity index (χ4v) is 5.46. The first-order valence-electron chi connectivity index (χ1n) is 10.3. The van der Waals surface area contributed by atoms with E-state index in [0.717, 1.165) is 36.8 Å². The van der Waals surface area contributed by atoms with Crippen molar-refractivity contribution in [3.05, 3.63) is 64.7 Å². The van der Waals surface area contributed by atoms with Crippen molar-refractivity contribution in [2.75, 3.05) is 13.1 Å². The van der Waals surface area contributed by atoms with E-state index < -0.39 is 10.0 Å². The number of benzene rings is 2. The largest absolute Gasteiger partial charge is 0.346 e. The lowest BCUT2D eigenvalue weighted by atomic mass is 10.00. The van der Waals surface area contributed by atoms with Crippen LogP contribution >= 0.6 is 0 Å². The Balaban J connectivity index is 1.78. The molecule has 0 aromatic heterocycles. The van der Waals surface area contributed by atoms with Crippen molar-refractivity contribution in [2.24, 2.45) is 0 Å². The highest BCUT2D eigenvalue weighted by Crippen LogP contribution is 2.22. The van der Waals surface area contributed by atoms with E-state index in [9.17, 15) is 13.2 Å². The standard InChI is InChI=1S/C23H30N2O3S/c1-17-11-12-22(18(2)15-17)19(3)24-23(26)20-9-8-10-21(16-20)29(27,28)25-13-6-4-5-7-14-25/h8-12,15-16,19H,4-7,13-14H2,1-3H3,(H,24,26)/t19-/m1/s1. The van der Waals surface area contributed by atoms with Crippen LogP contribution in [0.15, 0.2) is 47.4 Å². The highest BCUT2D eigenvalue weighted by atomic mass is 32.2. The van der Waals surface area contributed by atoms with Crippen LogP contribution in [-0.2, 0) is 10.0 Å². The maximum absolute atomic E-state index is 13.0. The maximum Gasteiger partial charge on any atom is 0.251 e. The zero-order chi connectivity index (χ0) is 21.0. The molecule has 1 N–H and O–H groups in total. The summed E-state index contributed by atoms with van der Waals surface area (Å²) in [7, 11) is -3.58. The van der Waals surface area contributed by atoms with Gasteiger partial charge in [0.15, 0.2) is 0 Å². The fraction of sp³-hybridized carbons (Fsp3) is 0.435. The van der Waals surface area contributed by atoms with E-state index in [0.29, 0.717) is 18.7 Å². The quantitative estimate of drug-likeness (QED) is 0.790. The molecule has 1 saturated heterocycles. The molecule has 0 aliphatic carbocycles. The third-order valence-electron chi connectivity index (χ3n) is 5.54. The zero-order valence-corrected chi connectivity index (χ0v) is 18.3. The molecule has 0 radical (unpaired) electrons. The molecule has 29 heavy (non-hydrogen) atoms. The van der Waals surface area contributed by atoms with Crippen molar-refractivity contribution in [3.8, 4) is 0 Å². The van der Waals surface area contributed by atoms with Crippen molar-refractivity contribution in [1.82, 2.24) is 9.62 Å². The Morgan fingerprint density at radius 2 is 1.69 bits per heavy atom. The molecule has 1 heterocycles. The Kier molecular flexibility index (Phi) is 6.75. The molecule has 1 amide bonds. The summed E-state index contributed by atoms with van der Waals surface area (Å²) >= 11 is 0. The number of carbonyl (C=O) groups is 1. The molecule has 1 aliphatic heterocycles. The van der Waals surface area contributed by atoms with E-state index in [4.69, 9.17) is 0 Å². The summed E-state index contributed by atoms with van der Waals surface area (Å²) in [4.78, 5) is 13.0. The molecule has 1 atom stereocenters. The first-order valence-corrected chi connectivity index (χ1v) is 11.7. The average Bonchev–Trinajstić information content (AvgIpc) is 2.98. The van der Waals surface area contributed by atoms with Gasteiger partial charge in [0.1, 0.15) is 0 Å². The van der Waals surface area contributed by atoms with Crippen LogP contribution in [0.5, 0.6) is 0 Å². The van der Waals surface area contributed by atoms with Crippen LogP contribution < -0.4 is 5.32 Å². The molecule has 3 rings (SSSR count). The van der Waals surface area contributed by atoms with E-state index in [1.54, 1.807) is 22.5 Å². The van der Waals surface area contributed by atoms with Gasteiger partial charge in [-0.3, -0.25) is 4.79 Å². The number of hydrogen-bond acceptors (Lipinski definition) is 3. The molecule has 1 aliphatic rings. The summed E-state index contributed by atoms with van der Waals surface area (Å²) in [6, 6.07) is 12.3. The van der Waals surface area contributed by atoms with Gasteiger partial charge in [0.25, 0.3) is 5.91 Å². The number of hydrogen-bond donors (Lipinski definition) is 1. The summed E-state index contributed by atoms with van der Waals surface area (Å²) < 4.78 is 27.6. The summed E-state index contributed by atoms with van der Waals surface area (Å²) in [5.41, 5.74) is 3.71. The third-order valence-corrected chi connectivity index (χ3v) is 7.43. The Bertz CT molecular complexity index is 977. The van der Waals surface area contributed by atoms with E-state index >= 15 is 0 Å². The Labute approximate surface area is 174 Å². The monoisotopic (exact) mass is 414 g/mol. The van der Waals surface area contributed by atoms with Crippen LogP contribution in [0.25, 0.3) is 0 Å². The van der Waals surface area contributed by atoms with Crippen LogP contribution in [0, 0.1) is 13.8 Å². The minimum absolute atomic E-state index is 0.172. The lowest BCUT2D eigenvalue weighted by Gasteiger charge is -2.20. The van der Waals surface area contributed by atoms with Gasteiger partial charge in [0.05, 0.1) is 10.9 Å².